The predicted molar refractivity (Wildman–Crippen MR) is 121 cm³/mol. The summed E-state index contributed by atoms with van der Waals surface area (Å²) in [4.78, 5) is 11.9. The zero-order chi connectivity index (χ0) is 21.5. The van der Waals surface area contributed by atoms with Crippen molar-refractivity contribution in [3.05, 3.63) is 115 Å². The van der Waals surface area contributed by atoms with Crippen molar-refractivity contribution in [3.8, 4) is 28.4 Å². The van der Waals surface area contributed by atoms with Gasteiger partial charge in [-0.15, -0.1) is 0 Å². The molecule has 1 atom stereocenters. The van der Waals surface area contributed by atoms with E-state index in [1.807, 2.05) is 97.1 Å². The van der Waals surface area contributed by atoms with Crippen LogP contribution in [0.2, 0.25) is 0 Å². The van der Waals surface area contributed by atoms with E-state index in [4.69, 9.17) is 9.47 Å². The Kier molecular flexibility index (Phi) is 6.29. The van der Waals surface area contributed by atoms with E-state index in [2.05, 4.69) is 0 Å². The maximum absolute atomic E-state index is 11.9. The summed E-state index contributed by atoms with van der Waals surface area (Å²) >= 11 is 0. The molecule has 0 aliphatic rings. The lowest BCUT2D eigenvalue weighted by Gasteiger charge is -2.18. The standard InChI is InChI=1S/C27H22O4/c28-27(29)26(31-24-17-15-21(16-18-24)20-9-3-1-4-10-20)19-22-11-7-8-14-25(22)30-23-12-5-2-6-13-23/h1-18,26H,19H2,(H,28,29). The van der Waals surface area contributed by atoms with Gasteiger partial charge in [0, 0.05) is 6.42 Å². The number of para-hydroxylation sites is 2. The summed E-state index contributed by atoms with van der Waals surface area (Å²) in [6, 6.07) is 34.2. The summed E-state index contributed by atoms with van der Waals surface area (Å²) in [5.41, 5.74) is 2.90. The van der Waals surface area contributed by atoms with Crippen LogP contribution in [-0.2, 0) is 11.2 Å². The van der Waals surface area contributed by atoms with Gasteiger partial charge in [0.1, 0.15) is 17.2 Å². The molecule has 1 N–H and O–H groups in total. The van der Waals surface area contributed by atoms with Crippen molar-refractivity contribution in [2.45, 2.75) is 12.5 Å². The molecule has 0 aliphatic carbocycles. The zero-order valence-electron chi connectivity index (χ0n) is 16.8. The van der Waals surface area contributed by atoms with Crippen LogP contribution in [0.5, 0.6) is 17.2 Å². The van der Waals surface area contributed by atoms with Gasteiger partial charge in [0.2, 0.25) is 0 Å². The lowest BCUT2D eigenvalue weighted by Crippen LogP contribution is -2.29. The first-order valence-electron chi connectivity index (χ1n) is 10.0. The lowest BCUT2D eigenvalue weighted by molar-refractivity contribution is -0.145. The van der Waals surface area contributed by atoms with Crippen molar-refractivity contribution in [2.75, 3.05) is 0 Å². The molecular weight excluding hydrogens is 388 g/mol. The third-order valence-electron chi connectivity index (χ3n) is 4.86. The summed E-state index contributed by atoms with van der Waals surface area (Å²) < 4.78 is 11.8. The SMILES string of the molecule is O=C(O)C(Cc1ccccc1Oc1ccccc1)Oc1ccc(-c2ccccc2)cc1. The predicted octanol–water partition coefficient (Wildman–Crippen LogP) is 6.22. The lowest BCUT2D eigenvalue weighted by atomic mass is 10.1. The van der Waals surface area contributed by atoms with Crippen molar-refractivity contribution >= 4 is 5.97 Å². The second kappa shape index (κ2) is 9.63. The fourth-order valence-corrected chi connectivity index (χ4v) is 3.29. The average Bonchev–Trinajstić information content (AvgIpc) is 2.81. The Bertz CT molecular complexity index is 1120. The van der Waals surface area contributed by atoms with Crippen molar-refractivity contribution < 1.29 is 19.4 Å². The normalized spacial score (nSPS) is 11.5. The largest absolute Gasteiger partial charge is 0.478 e. The Morgan fingerprint density at radius 2 is 1.26 bits per heavy atom. The average molecular weight is 410 g/mol. The molecule has 0 saturated heterocycles. The summed E-state index contributed by atoms with van der Waals surface area (Å²) in [6.07, 6.45) is -0.859. The second-order valence-corrected chi connectivity index (χ2v) is 7.06. The van der Waals surface area contributed by atoms with Gasteiger partial charge in [-0.25, -0.2) is 4.79 Å². The van der Waals surface area contributed by atoms with Crippen molar-refractivity contribution in [3.63, 3.8) is 0 Å². The molecule has 4 heteroatoms. The van der Waals surface area contributed by atoms with Crippen LogP contribution in [-0.4, -0.2) is 17.2 Å². The fourth-order valence-electron chi connectivity index (χ4n) is 3.29. The molecule has 0 spiro atoms. The van der Waals surface area contributed by atoms with Gasteiger partial charge in [-0.3, -0.25) is 0 Å². The molecule has 0 amide bonds. The topological polar surface area (TPSA) is 55.8 Å². The van der Waals surface area contributed by atoms with E-state index >= 15 is 0 Å². The Labute approximate surface area is 181 Å². The molecule has 0 aliphatic heterocycles. The molecule has 31 heavy (non-hydrogen) atoms. The number of carboxylic acid groups (broad SMARTS) is 1. The number of carbonyl (C=O) groups is 1. The van der Waals surface area contributed by atoms with Crippen LogP contribution in [0.4, 0.5) is 0 Å². The van der Waals surface area contributed by atoms with Crippen LogP contribution >= 0.6 is 0 Å². The van der Waals surface area contributed by atoms with E-state index in [1.165, 1.54) is 0 Å². The summed E-state index contributed by atoms with van der Waals surface area (Å²) in [6.45, 7) is 0. The number of benzene rings is 4. The van der Waals surface area contributed by atoms with Crippen LogP contribution in [0.25, 0.3) is 11.1 Å². The van der Waals surface area contributed by atoms with Gasteiger partial charge in [0.15, 0.2) is 6.10 Å². The first kappa shape index (κ1) is 20.2. The molecule has 4 nitrogen and oxygen atoms in total. The van der Waals surface area contributed by atoms with Crippen LogP contribution in [0.15, 0.2) is 109 Å². The van der Waals surface area contributed by atoms with Crippen LogP contribution in [0.1, 0.15) is 5.56 Å². The monoisotopic (exact) mass is 410 g/mol. The second-order valence-electron chi connectivity index (χ2n) is 7.06. The quantitative estimate of drug-likeness (QED) is 0.375. The summed E-state index contributed by atoms with van der Waals surface area (Å²) in [5.74, 6) is 0.789. The minimum absolute atomic E-state index is 0.179. The third-order valence-corrected chi connectivity index (χ3v) is 4.86. The van der Waals surface area contributed by atoms with Gasteiger partial charge in [-0.1, -0.05) is 78.9 Å². The van der Waals surface area contributed by atoms with E-state index in [-0.39, 0.29) is 6.42 Å². The van der Waals surface area contributed by atoms with Crippen molar-refractivity contribution in [1.29, 1.82) is 0 Å². The van der Waals surface area contributed by atoms with Crippen LogP contribution in [0, 0.1) is 0 Å². The van der Waals surface area contributed by atoms with Crippen molar-refractivity contribution in [1.82, 2.24) is 0 Å². The Morgan fingerprint density at radius 1 is 0.677 bits per heavy atom. The van der Waals surface area contributed by atoms with Gasteiger partial charge in [0.05, 0.1) is 0 Å². The Hall–Kier alpha value is -4.05. The van der Waals surface area contributed by atoms with E-state index in [0.29, 0.717) is 17.2 Å². The molecule has 0 radical (unpaired) electrons. The molecule has 0 saturated carbocycles. The van der Waals surface area contributed by atoms with E-state index < -0.39 is 12.1 Å². The Balaban J connectivity index is 1.50. The van der Waals surface area contributed by atoms with Gasteiger partial charge in [-0.05, 0) is 47.0 Å². The van der Waals surface area contributed by atoms with Gasteiger partial charge in [0.25, 0.3) is 0 Å². The number of rotatable bonds is 8. The first-order chi connectivity index (χ1) is 15.2. The molecule has 4 rings (SSSR count). The highest BCUT2D eigenvalue weighted by Crippen LogP contribution is 2.28. The maximum atomic E-state index is 11.9. The number of aliphatic carboxylic acids is 1. The number of ether oxygens (including phenoxy) is 2. The van der Waals surface area contributed by atoms with Crippen LogP contribution in [0.3, 0.4) is 0 Å². The van der Waals surface area contributed by atoms with Crippen LogP contribution < -0.4 is 9.47 Å². The van der Waals surface area contributed by atoms with Gasteiger partial charge >= 0.3 is 5.97 Å². The molecule has 0 heterocycles. The molecule has 4 aromatic carbocycles. The number of hydrogen-bond donors (Lipinski definition) is 1. The molecule has 0 fully saturated rings. The van der Waals surface area contributed by atoms with E-state index in [9.17, 15) is 9.90 Å². The molecule has 0 bridgehead atoms. The third kappa shape index (κ3) is 5.31. The van der Waals surface area contributed by atoms with E-state index in [0.717, 1.165) is 16.7 Å². The highest BCUT2D eigenvalue weighted by Gasteiger charge is 2.22. The van der Waals surface area contributed by atoms with Gasteiger partial charge in [-0.2, -0.15) is 0 Å². The maximum Gasteiger partial charge on any atom is 0.345 e. The highest BCUT2D eigenvalue weighted by atomic mass is 16.5. The van der Waals surface area contributed by atoms with E-state index in [1.54, 1.807) is 12.1 Å². The van der Waals surface area contributed by atoms with Gasteiger partial charge < -0.3 is 14.6 Å². The molecule has 4 aromatic rings. The zero-order valence-corrected chi connectivity index (χ0v) is 16.8. The molecule has 154 valence electrons. The molecule has 1 unspecified atom stereocenters. The fraction of sp³-hybridized carbons (Fsp3) is 0.0741. The molecular formula is C27H22O4. The minimum Gasteiger partial charge on any atom is -0.478 e. The summed E-state index contributed by atoms with van der Waals surface area (Å²) in [5, 5.41) is 9.74. The van der Waals surface area contributed by atoms with Crippen molar-refractivity contribution in [2.24, 2.45) is 0 Å². The minimum atomic E-state index is -1.04. The highest BCUT2D eigenvalue weighted by molar-refractivity contribution is 5.73. The Morgan fingerprint density at radius 3 is 1.94 bits per heavy atom. The molecule has 0 aromatic heterocycles. The first-order valence-corrected chi connectivity index (χ1v) is 10.0. The summed E-state index contributed by atoms with van der Waals surface area (Å²) in [7, 11) is 0. The number of carboxylic acids is 1. The smallest absolute Gasteiger partial charge is 0.345 e. The number of hydrogen-bond acceptors (Lipinski definition) is 3.